The second-order valence-corrected chi connectivity index (χ2v) is 4.17. The molecule has 1 aromatic heterocycles. The van der Waals surface area contributed by atoms with Crippen molar-refractivity contribution in [2.24, 2.45) is 0 Å². The van der Waals surface area contributed by atoms with Crippen molar-refractivity contribution in [3.8, 4) is 0 Å². The molecule has 0 spiro atoms. The fraction of sp³-hybridized carbons (Fsp3) is 0.167. The number of thiazole rings is 1. The molecule has 0 bridgehead atoms. The van der Waals surface area contributed by atoms with Crippen molar-refractivity contribution in [1.82, 2.24) is 4.98 Å². The summed E-state index contributed by atoms with van der Waals surface area (Å²) in [5.41, 5.74) is 2.27. The monoisotopic (exact) mass is 202 g/mol. The molecular formula is C12H12NS. The Morgan fingerprint density at radius 2 is 2.36 bits per heavy atom. The minimum absolute atomic E-state index is 1.01. The maximum Gasteiger partial charge on any atom is 0.0936 e. The zero-order valence-electron chi connectivity index (χ0n) is 8.16. The summed E-state index contributed by atoms with van der Waals surface area (Å²) in [5, 5.41) is 1.20. The lowest BCUT2D eigenvalue weighted by Crippen LogP contribution is -1.78. The average molecular weight is 202 g/mol. The van der Waals surface area contributed by atoms with Crippen LogP contribution in [0.3, 0.4) is 0 Å². The van der Waals surface area contributed by atoms with Gasteiger partial charge in [-0.3, -0.25) is 0 Å². The molecule has 71 valence electrons. The Labute approximate surface area is 88.1 Å². The first-order valence-electron chi connectivity index (χ1n) is 4.69. The smallest absolute Gasteiger partial charge is 0.0936 e. The van der Waals surface area contributed by atoms with E-state index in [1.54, 1.807) is 17.4 Å². The van der Waals surface area contributed by atoms with Crippen LogP contribution in [0.5, 0.6) is 0 Å². The van der Waals surface area contributed by atoms with E-state index in [2.05, 4.69) is 37.0 Å². The van der Waals surface area contributed by atoms with Crippen molar-refractivity contribution < 1.29 is 0 Å². The number of rotatable bonds is 2. The van der Waals surface area contributed by atoms with Crippen molar-refractivity contribution >= 4 is 27.6 Å². The fourth-order valence-corrected chi connectivity index (χ4v) is 2.37. The Kier molecular flexibility index (Phi) is 2.64. The molecule has 2 rings (SSSR count). The molecule has 0 fully saturated rings. The largest absolute Gasteiger partial charge is 0.241 e. The van der Waals surface area contributed by atoms with Crippen molar-refractivity contribution in [2.75, 3.05) is 0 Å². The van der Waals surface area contributed by atoms with Crippen molar-refractivity contribution in [3.63, 3.8) is 0 Å². The molecule has 0 aliphatic carbocycles. The van der Waals surface area contributed by atoms with Crippen molar-refractivity contribution in [3.05, 3.63) is 41.8 Å². The van der Waals surface area contributed by atoms with Gasteiger partial charge in [-0.2, -0.15) is 0 Å². The highest BCUT2D eigenvalue weighted by Gasteiger charge is 2.04. The van der Waals surface area contributed by atoms with E-state index in [-0.39, 0.29) is 0 Å². The molecular weight excluding hydrogens is 190 g/mol. The maximum absolute atomic E-state index is 4.59. The van der Waals surface area contributed by atoms with E-state index in [0.29, 0.717) is 0 Å². The summed E-state index contributed by atoms with van der Waals surface area (Å²) in [6.07, 6.45) is 4.81. The number of benzene rings is 1. The Hall–Kier alpha value is -1.15. The molecule has 14 heavy (non-hydrogen) atoms. The molecule has 2 aromatic rings. The number of allylic oxidation sites excluding steroid dienone is 1. The molecule has 0 saturated carbocycles. The van der Waals surface area contributed by atoms with Crippen LogP contribution in [0.15, 0.2) is 24.3 Å². The van der Waals surface area contributed by atoms with E-state index in [4.69, 9.17) is 0 Å². The highest BCUT2D eigenvalue weighted by molar-refractivity contribution is 7.18. The lowest BCUT2D eigenvalue weighted by Gasteiger charge is -1.93. The molecule has 0 aliphatic rings. The van der Waals surface area contributed by atoms with Gasteiger partial charge in [-0.15, -0.1) is 11.3 Å². The SMILES string of the molecule is [CH2]/C=C/c1cccc2sc(CC)nc12. The van der Waals surface area contributed by atoms with Gasteiger partial charge in [0.1, 0.15) is 0 Å². The van der Waals surface area contributed by atoms with Gasteiger partial charge in [-0.25, -0.2) is 4.98 Å². The Morgan fingerprint density at radius 1 is 1.50 bits per heavy atom. The second-order valence-electron chi connectivity index (χ2n) is 3.06. The number of nitrogens with zero attached hydrogens (tertiary/aromatic N) is 1. The molecule has 1 aromatic carbocycles. The molecule has 1 radical (unpaired) electrons. The number of aromatic nitrogens is 1. The summed E-state index contributed by atoms with van der Waals surface area (Å²) >= 11 is 1.77. The zero-order valence-corrected chi connectivity index (χ0v) is 8.97. The van der Waals surface area contributed by atoms with Gasteiger partial charge in [0, 0.05) is 5.56 Å². The number of para-hydroxylation sites is 1. The summed E-state index contributed by atoms with van der Waals surface area (Å²) in [6, 6.07) is 6.26. The zero-order chi connectivity index (χ0) is 9.97. The summed E-state index contributed by atoms with van der Waals surface area (Å²) in [6.45, 7) is 5.84. The van der Waals surface area contributed by atoms with Gasteiger partial charge < -0.3 is 0 Å². The molecule has 0 saturated heterocycles. The molecule has 0 N–H and O–H groups in total. The number of fused-ring (bicyclic) bond motifs is 1. The van der Waals surface area contributed by atoms with E-state index < -0.39 is 0 Å². The van der Waals surface area contributed by atoms with Crippen LogP contribution in [0.1, 0.15) is 17.5 Å². The van der Waals surface area contributed by atoms with E-state index in [1.165, 1.54) is 9.71 Å². The third kappa shape index (κ3) is 1.58. The van der Waals surface area contributed by atoms with Crippen molar-refractivity contribution in [2.45, 2.75) is 13.3 Å². The Morgan fingerprint density at radius 3 is 3.07 bits per heavy atom. The van der Waals surface area contributed by atoms with Crippen LogP contribution in [0.25, 0.3) is 16.3 Å². The second kappa shape index (κ2) is 3.93. The first-order valence-corrected chi connectivity index (χ1v) is 5.51. The van der Waals surface area contributed by atoms with Crippen LogP contribution in [-0.2, 0) is 6.42 Å². The summed E-state index contributed by atoms with van der Waals surface area (Å²) < 4.78 is 1.26. The first-order chi connectivity index (χ1) is 6.85. The molecule has 0 unspecified atom stereocenters. The highest BCUT2D eigenvalue weighted by atomic mass is 32.1. The molecule has 1 nitrogen and oxygen atoms in total. The van der Waals surface area contributed by atoms with E-state index in [9.17, 15) is 0 Å². The quantitative estimate of drug-likeness (QED) is 0.723. The van der Waals surface area contributed by atoms with E-state index >= 15 is 0 Å². The van der Waals surface area contributed by atoms with Crippen LogP contribution in [-0.4, -0.2) is 4.98 Å². The standard InChI is InChI=1S/C12H12NS/c1-3-6-9-7-5-8-10-12(9)13-11(4-2)14-10/h3,5-8H,1,4H2,2H3/b6-3+. The minimum atomic E-state index is 1.01. The van der Waals surface area contributed by atoms with Gasteiger partial charge in [0.2, 0.25) is 0 Å². The lowest BCUT2D eigenvalue weighted by atomic mass is 10.2. The maximum atomic E-state index is 4.59. The van der Waals surface area contributed by atoms with Crippen LogP contribution in [0, 0.1) is 6.92 Å². The third-order valence-corrected chi connectivity index (χ3v) is 3.26. The Balaban J connectivity index is 2.66. The average Bonchev–Trinajstić information content (AvgIpc) is 2.62. The molecule has 0 atom stereocenters. The van der Waals surface area contributed by atoms with Gasteiger partial charge in [0.05, 0.1) is 15.2 Å². The third-order valence-electron chi connectivity index (χ3n) is 2.09. The van der Waals surface area contributed by atoms with E-state index in [0.717, 1.165) is 17.5 Å². The Bertz CT molecular complexity index is 468. The summed E-state index contributed by atoms with van der Waals surface area (Å²) in [5.74, 6) is 0. The number of aryl methyl sites for hydroxylation is 1. The molecule has 0 aliphatic heterocycles. The van der Waals surface area contributed by atoms with Crippen LogP contribution >= 0.6 is 11.3 Å². The van der Waals surface area contributed by atoms with Gasteiger partial charge in [0.25, 0.3) is 0 Å². The first kappa shape index (κ1) is 9.41. The topological polar surface area (TPSA) is 12.9 Å². The number of hydrogen-bond donors (Lipinski definition) is 0. The van der Waals surface area contributed by atoms with Crippen LogP contribution in [0.2, 0.25) is 0 Å². The van der Waals surface area contributed by atoms with Crippen molar-refractivity contribution in [1.29, 1.82) is 0 Å². The lowest BCUT2D eigenvalue weighted by molar-refractivity contribution is 1.11. The molecule has 2 heteroatoms. The predicted octanol–water partition coefficient (Wildman–Crippen LogP) is 3.71. The predicted molar refractivity (Wildman–Crippen MR) is 63.4 cm³/mol. The summed E-state index contributed by atoms with van der Waals surface area (Å²) in [7, 11) is 0. The van der Waals surface area contributed by atoms with Gasteiger partial charge in [-0.05, 0) is 19.4 Å². The van der Waals surface area contributed by atoms with Gasteiger partial charge in [-0.1, -0.05) is 31.2 Å². The van der Waals surface area contributed by atoms with Gasteiger partial charge >= 0.3 is 0 Å². The summed E-state index contributed by atoms with van der Waals surface area (Å²) in [4.78, 5) is 4.59. The molecule has 1 heterocycles. The van der Waals surface area contributed by atoms with E-state index in [1.807, 2.05) is 6.08 Å². The van der Waals surface area contributed by atoms with Crippen LogP contribution in [0.4, 0.5) is 0 Å². The highest BCUT2D eigenvalue weighted by Crippen LogP contribution is 2.25. The van der Waals surface area contributed by atoms with Crippen LogP contribution < -0.4 is 0 Å². The normalized spacial score (nSPS) is 11.6. The number of hydrogen-bond acceptors (Lipinski definition) is 2. The fourth-order valence-electron chi connectivity index (χ4n) is 1.43. The van der Waals surface area contributed by atoms with Gasteiger partial charge in [0.15, 0.2) is 0 Å². The minimum Gasteiger partial charge on any atom is -0.241 e. The molecule has 0 amide bonds.